The van der Waals surface area contributed by atoms with E-state index in [-0.39, 0.29) is 6.04 Å². The molecule has 4 aromatic heterocycles. The lowest BCUT2D eigenvalue weighted by Gasteiger charge is -2.33. The van der Waals surface area contributed by atoms with Crippen molar-refractivity contribution in [3.05, 3.63) is 36.0 Å². The van der Waals surface area contributed by atoms with Crippen LogP contribution in [0.3, 0.4) is 0 Å². The number of hydrogen-bond donors (Lipinski definition) is 2. The number of aromatic nitrogens is 6. The Hall–Kier alpha value is -2.78. The molecule has 28 heavy (non-hydrogen) atoms. The van der Waals surface area contributed by atoms with E-state index < -0.39 is 6.10 Å². The van der Waals surface area contributed by atoms with Crippen molar-refractivity contribution < 1.29 is 9.63 Å². The number of aromatic amines is 1. The van der Waals surface area contributed by atoms with Gasteiger partial charge in [-0.25, -0.2) is 9.97 Å². The van der Waals surface area contributed by atoms with Gasteiger partial charge in [0.05, 0.1) is 18.3 Å². The molecule has 1 unspecified atom stereocenters. The molecule has 5 heterocycles. The molecule has 1 saturated heterocycles. The first-order chi connectivity index (χ1) is 13.6. The average Bonchev–Trinajstić information content (AvgIpc) is 3.39. The number of nitrogens with one attached hydrogen (secondary N) is 1. The van der Waals surface area contributed by atoms with Crippen LogP contribution in [0, 0.1) is 6.92 Å². The van der Waals surface area contributed by atoms with Crippen molar-refractivity contribution in [1.82, 2.24) is 34.6 Å². The maximum atomic E-state index is 10.4. The van der Waals surface area contributed by atoms with E-state index in [0.29, 0.717) is 24.1 Å². The molecule has 1 atom stereocenters. The Bertz CT molecular complexity index is 1120. The highest BCUT2D eigenvalue weighted by Gasteiger charge is 2.27. The quantitative estimate of drug-likeness (QED) is 0.559. The lowest BCUT2D eigenvalue weighted by molar-refractivity contribution is 0.148. The molecule has 9 nitrogen and oxygen atoms in total. The van der Waals surface area contributed by atoms with Gasteiger partial charge in [-0.3, -0.25) is 4.90 Å². The van der Waals surface area contributed by atoms with Gasteiger partial charge in [0.25, 0.3) is 0 Å². The van der Waals surface area contributed by atoms with Crippen LogP contribution in [-0.4, -0.2) is 52.8 Å². The number of aryl methyl sites for hydroxylation is 1. The Kier molecular flexibility index (Phi) is 4.13. The van der Waals surface area contributed by atoms with Crippen LogP contribution in [0.15, 0.2) is 23.0 Å². The van der Waals surface area contributed by atoms with E-state index in [2.05, 4.69) is 29.6 Å². The topological polar surface area (TPSA) is 109 Å². The minimum Gasteiger partial charge on any atom is -0.385 e. The zero-order valence-corrected chi connectivity index (χ0v) is 16.0. The molecule has 1 aliphatic heterocycles. The summed E-state index contributed by atoms with van der Waals surface area (Å²) in [6.45, 7) is 6.12. The Morgan fingerprint density at radius 2 is 2.14 bits per heavy atom. The molecule has 0 spiro atoms. The van der Waals surface area contributed by atoms with Crippen molar-refractivity contribution in [1.29, 1.82) is 0 Å². The van der Waals surface area contributed by atoms with Gasteiger partial charge in [-0.05, 0) is 32.8 Å². The summed E-state index contributed by atoms with van der Waals surface area (Å²) in [5.41, 5.74) is 2.72. The molecule has 9 heteroatoms. The van der Waals surface area contributed by atoms with Crippen LogP contribution < -0.4 is 0 Å². The normalized spacial score (nSPS) is 17.7. The van der Waals surface area contributed by atoms with E-state index in [9.17, 15) is 5.11 Å². The van der Waals surface area contributed by atoms with Crippen LogP contribution >= 0.6 is 0 Å². The number of pyridine rings is 1. The molecule has 0 amide bonds. The van der Waals surface area contributed by atoms with E-state index in [0.717, 1.165) is 48.0 Å². The summed E-state index contributed by atoms with van der Waals surface area (Å²) in [6, 6.07) is 2.30. The lowest BCUT2D eigenvalue weighted by Crippen LogP contribution is -2.34. The fraction of sp³-hybridized carbons (Fsp3) is 0.474. The SMILES string of the molecule is Cc1noc(CN2CCC(n3c(C(C)O)nc4cnc5[nH]ccc5c43)CC2)n1. The predicted molar refractivity (Wildman–Crippen MR) is 103 cm³/mol. The summed E-state index contributed by atoms with van der Waals surface area (Å²) in [7, 11) is 0. The average molecular weight is 381 g/mol. The van der Waals surface area contributed by atoms with Crippen LogP contribution in [0.25, 0.3) is 22.1 Å². The van der Waals surface area contributed by atoms with Crippen LogP contribution in [0.4, 0.5) is 0 Å². The smallest absolute Gasteiger partial charge is 0.240 e. The molecular weight excluding hydrogens is 358 g/mol. The van der Waals surface area contributed by atoms with Gasteiger partial charge >= 0.3 is 0 Å². The lowest BCUT2D eigenvalue weighted by atomic mass is 10.0. The van der Waals surface area contributed by atoms with Crippen LogP contribution in [0.2, 0.25) is 0 Å². The van der Waals surface area contributed by atoms with Gasteiger partial charge in [0.1, 0.15) is 23.1 Å². The second kappa shape index (κ2) is 6.68. The van der Waals surface area contributed by atoms with Crippen LogP contribution in [0.1, 0.15) is 49.5 Å². The molecule has 0 aromatic carbocycles. The first-order valence-electron chi connectivity index (χ1n) is 9.63. The number of aliphatic hydroxyl groups excluding tert-OH is 1. The summed E-state index contributed by atoms with van der Waals surface area (Å²) >= 11 is 0. The number of nitrogens with zero attached hydrogens (tertiary/aromatic N) is 6. The summed E-state index contributed by atoms with van der Waals surface area (Å²) in [5.74, 6) is 2.03. The van der Waals surface area contributed by atoms with E-state index >= 15 is 0 Å². The number of aliphatic hydroxyl groups is 1. The van der Waals surface area contributed by atoms with Gasteiger partial charge in [-0.2, -0.15) is 4.98 Å². The van der Waals surface area contributed by atoms with Crippen molar-refractivity contribution >= 4 is 22.1 Å². The third-order valence-electron chi connectivity index (χ3n) is 5.49. The fourth-order valence-corrected chi connectivity index (χ4v) is 4.21. The molecule has 1 aliphatic rings. The second-order valence-corrected chi connectivity index (χ2v) is 7.49. The van der Waals surface area contributed by atoms with Gasteiger partial charge in [-0.1, -0.05) is 5.16 Å². The number of rotatable bonds is 4. The van der Waals surface area contributed by atoms with Crippen molar-refractivity contribution in [3.63, 3.8) is 0 Å². The van der Waals surface area contributed by atoms with Gasteiger partial charge < -0.3 is 19.2 Å². The summed E-state index contributed by atoms with van der Waals surface area (Å²) in [6.07, 6.45) is 4.97. The maximum absolute atomic E-state index is 10.4. The molecule has 2 N–H and O–H groups in total. The van der Waals surface area contributed by atoms with Gasteiger partial charge in [-0.15, -0.1) is 0 Å². The Morgan fingerprint density at radius 3 is 2.86 bits per heavy atom. The van der Waals surface area contributed by atoms with Crippen LogP contribution in [0.5, 0.6) is 0 Å². The molecule has 5 rings (SSSR count). The molecule has 1 fully saturated rings. The zero-order chi connectivity index (χ0) is 19.3. The van der Waals surface area contributed by atoms with Crippen molar-refractivity contribution in [2.75, 3.05) is 13.1 Å². The standard InChI is InChI=1S/C19H23N7O2/c1-11(27)19-23-15-9-21-18-14(3-6-20-18)17(15)26(19)13-4-7-25(8-5-13)10-16-22-12(2)24-28-16/h3,6,9,11,13,27H,4-5,7-8,10H2,1-2H3,(H,20,21). The molecular formula is C19H23N7O2. The molecule has 0 saturated carbocycles. The molecule has 0 radical (unpaired) electrons. The number of fused-ring (bicyclic) bond motifs is 3. The maximum Gasteiger partial charge on any atom is 0.240 e. The number of piperidine rings is 1. The highest BCUT2D eigenvalue weighted by atomic mass is 16.5. The Labute approximate surface area is 161 Å². The molecule has 4 aromatic rings. The number of H-pyrrole nitrogens is 1. The minimum absolute atomic E-state index is 0.274. The van der Waals surface area contributed by atoms with E-state index in [1.807, 2.05) is 19.2 Å². The van der Waals surface area contributed by atoms with Gasteiger partial charge in [0.2, 0.25) is 5.89 Å². The van der Waals surface area contributed by atoms with Gasteiger partial charge in [0, 0.05) is 30.7 Å². The summed E-state index contributed by atoms with van der Waals surface area (Å²) in [5, 5.41) is 15.3. The van der Waals surface area contributed by atoms with Crippen LogP contribution in [-0.2, 0) is 6.54 Å². The first-order valence-corrected chi connectivity index (χ1v) is 9.63. The Balaban J connectivity index is 1.46. The largest absolute Gasteiger partial charge is 0.385 e. The third kappa shape index (κ3) is 2.87. The summed E-state index contributed by atoms with van der Waals surface area (Å²) in [4.78, 5) is 18.9. The van der Waals surface area contributed by atoms with Crippen molar-refractivity contribution in [2.24, 2.45) is 0 Å². The molecule has 0 aliphatic carbocycles. The number of hydrogen-bond acceptors (Lipinski definition) is 7. The number of likely N-dealkylation sites (tertiary alicyclic amines) is 1. The van der Waals surface area contributed by atoms with Crippen molar-refractivity contribution in [2.45, 2.75) is 45.4 Å². The third-order valence-corrected chi connectivity index (χ3v) is 5.49. The highest BCUT2D eigenvalue weighted by molar-refractivity contribution is 6.01. The summed E-state index contributed by atoms with van der Waals surface area (Å²) < 4.78 is 7.48. The van der Waals surface area contributed by atoms with E-state index in [1.54, 1.807) is 13.1 Å². The Morgan fingerprint density at radius 1 is 1.32 bits per heavy atom. The first kappa shape index (κ1) is 17.3. The van der Waals surface area contributed by atoms with Crippen molar-refractivity contribution in [3.8, 4) is 0 Å². The monoisotopic (exact) mass is 381 g/mol. The van der Waals surface area contributed by atoms with Gasteiger partial charge in [0.15, 0.2) is 5.82 Å². The van der Waals surface area contributed by atoms with E-state index in [1.165, 1.54) is 0 Å². The predicted octanol–water partition coefficient (Wildman–Crippen LogP) is 2.49. The fourth-order valence-electron chi connectivity index (χ4n) is 4.21. The number of imidazole rings is 1. The zero-order valence-electron chi connectivity index (χ0n) is 16.0. The van der Waals surface area contributed by atoms with E-state index in [4.69, 9.17) is 9.51 Å². The minimum atomic E-state index is -0.638. The molecule has 146 valence electrons. The highest BCUT2D eigenvalue weighted by Crippen LogP contribution is 2.34. The molecule has 0 bridgehead atoms. The second-order valence-electron chi connectivity index (χ2n) is 7.49.